The minimum atomic E-state index is -0.428. The van der Waals surface area contributed by atoms with Crippen LogP contribution in [0.2, 0.25) is 0 Å². The number of aromatic nitrogens is 4. The highest BCUT2D eigenvalue weighted by Crippen LogP contribution is 2.41. The third-order valence-electron chi connectivity index (χ3n) is 8.34. The van der Waals surface area contributed by atoms with Gasteiger partial charge in [-0.25, -0.2) is 9.67 Å². The minimum absolute atomic E-state index is 0.168. The van der Waals surface area contributed by atoms with Crippen LogP contribution in [0.25, 0.3) is 16.5 Å². The first-order chi connectivity index (χ1) is 19.1. The van der Waals surface area contributed by atoms with Crippen molar-refractivity contribution in [2.45, 2.75) is 63.9 Å². The SMILES string of the molecule is COC(OC)C1CCN(c2cnc(C3=C(Br)CCCc4c3ccc3c4c(F)nn3C3CCCCO3)cn2)CC1. The van der Waals surface area contributed by atoms with Gasteiger partial charge < -0.3 is 19.1 Å². The molecule has 0 saturated carbocycles. The summed E-state index contributed by atoms with van der Waals surface area (Å²) >= 11 is 3.83. The van der Waals surface area contributed by atoms with Gasteiger partial charge in [0, 0.05) is 49.9 Å². The number of aryl methyl sites for hydroxylation is 1. The molecule has 6 rings (SSSR count). The van der Waals surface area contributed by atoms with Gasteiger partial charge in [-0.15, -0.1) is 5.10 Å². The second kappa shape index (κ2) is 11.6. The topological polar surface area (TPSA) is 74.5 Å². The van der Waals surface area contributed by atoms with E-state index in [1.54, 1.807) is 18.9 Å². The number of hydrogen-bond donors (Lipinski definition) is 0. The lowest BCUT2D eigenvalue weighted by Crippen LogP contribution is -2.39. The van der Waals surface area contributed by atoms with Gasteiger partial charge in [-0.1, -0.05) is 22.0 Å². The fourth-order valence-electron chi connectivity index (χ4n) is 6.35. The van der Waals surface area contributed by atoms with Gasteiger partial charge in [-0.2, -0.15) is 4.39 Å². The number of nitrogens with zero attached hydrogens (tertiary/aromatic N) is 5. The predicted molar refractivity (Wildman–Crippen MR) is 151 cm³/mol. The molecule has 1 aromatic carbocycles. The van der Waals surface area contributed by atoms with E-state index in [1.165, 1.54) is 0 Å². The standard InChI is InChI=1S/C29H35BrFN5O3/c1-37-29(38-2)18-11-13-35(14-12-18)24-17-32-22(16-33-24)26-20-9-10-23-27(19(20)6-5-7-21(26)30)28(31)34-36(23)25-8-3-4-15-39-25/h9-10,16-18,25,29H,3-8,11-15H2,1-2H3. The van der Waals surface area contributed by atoms with E-state index in [1.807, 2.05) is 18.5 Å². The van der Waals surface area contributed by atoms with E-state index in [9.17, 15) is 0 Å². The van der Waals surface area contributed by atoms with E-state index < -0.39 is 5.95 Å². The molecule has 2 fully saturated rings. The highest BCUT2D eigenvalue weighted by molar-refractivity contribution is 9.11. The number of anilines is 1. The van der Waals surface area contributed by atoms with E-state index in [4.69, 9.17) is 24.2 Å². The van der Waals surface area contributed by atoms with Crippen molar-refractivity contribution >= 4 is 38.2 Å². The van der Waals surface area contributed by atoms with Crippen LogP contribution in [0.5, 0.6) is 0 Å². The summed E-state index contributed by atoms with van der Waals surface area (Å²) in [7, 11) is 3.39. The Morgan fingerprint density at radius 1 is 1.03 bits per heavy atom. The van der Waals surface area contributed by atoms with Crippen molar-refractivity contribution < 1.29 is 18.6 Å². The second-order valence-electron chi connectivity index (χ2n) is 10.6. The Labute approximate surface area is 236 Å². The van der Waals surface area contributed by atoms with Crippen LogP contribution in [-0.4, -0.2) is 60.0 Å². The normalized spacial score (nSPS) is 21.1. The van der Waals surface area contributed by atoms with Crippen LogP contribution >= 0.6 is 15.9 Å². The van der Waals surface area contributed by atoms with Crippen molar-refractivity contribution in [2.24, 2.45) is 5.92 Å². The van der Waals surface area contributed by atoms with Crippen LogP contribution in [0.1, 0.15) is 68.0 Å². The Balaban J connectivity index is 1.29. The molecule has 1 atom stereocenters. The molecule has 4 heterocycles. The molecule has 0 amide bonds. The number of benzene rings is 1. The average Bonchev–Trinajstić information content (AvgIpc) is 3.22. The fraction of sp³-hybridized carbons (Fsp3) is 0.552. The zero-order chi connectivity index (χ0) is 26.9. The molecule has 2 saturated heterocycles. The maximum Gasteiger partial charge on any atom is 0.240 e. The molecule has 1 unspecified atom stereocenters. The molecule has 208 valence electrons. The molecular formula is C29H35BrFN5O3. The van der Waals surface area contributed by atoms with Crippen LogP contribution < -0.4 is 4.90 Å². The molecule has 39 heavy (non-hydrogen) atoms. The summed E-state index contributed by atoms with van der Waals surface area (Å²) in [6, 6.07) is 4.06. The molecule has 2 aromatic heterocycles. The first kappa shape index (κ1) is 26.8. The number of methoxy groups -OCH3 is 2. The fourth-order valence-corrected chi connectivity index (χ4v) is 7.05. The number of rotatable bonds is 6. The van der Waals surface area contributed by atoms with Crippen LogP contribution in [0, 0.1) is 11.9 Å². The molecule has 3 aliphatic rings. The molecule has 8 nitrogen and oxygen atoms in total. The smallest absolute Gasteiger partial charge is 0.240 e. The molecule has 3 aromatic rings. The number of halogens is 2. The summed E-state index contributed by atoms with van der Waals surface area (Å²) in [5, 5.41) is 4.90. The molecule has 0 radical (unpaired) electrons. The van der Waals surface area contributed by atoms with E-state index in [0.29, 0.717) is 17.9 Å². The average molecular weight is 601 g/mol. The quantitative estimate of drug-likeness (QED) is 0.322. The Hall–Kier alpha value is -2.40. The molecule has 0 N–H and O–H groups in total. The second-order valence-corrected chi connectivity index (χ2v) is 11.6. The zero-order valence-corrected chi connectivity index (χ0v) is 24.1. The van der Waals surface area contributed by atoms with E-state index in [-0.39, 0.29) is 12.5 Å². The summed E-state index contributed by atoms with van der Waals surface area (Å²) in [6.45, 7) is 2.44. The minimum Gasteiger partial charge on any atom is -0.356 e. The molecule has 0 bridgehead atoms. The maximum absolute atomic E-state index is 15.4. The van der Waals surface area contributed by atoms with Gasteiger partial charge in [0.15, 0.2) is 12.5 Å². The molecule has 0 spiro atoms. The first-order valence-corrected chi connectivity index (χ1v) is 14.7. The Morgan fingerprint density at radius 3 is 2.54 bits per heavy atom. The monoisotopic (exact) mass is 599 g/mol. The molecule has 1 aliphatic carbocycles. The van der Waals surface area contributed by atoms with Crippen LogP contribution in [0.4, 0.5) is 10.2 Å². The largest absolute Gasteiger partial charge is 0.356 e. The number of piperidine rings is 1. The molecular weight excluding hydrogens is 565 g/mol. The van der Waals surface area contributed by atoms with Crippen molar-refractivity contribution in [1.82, 2.24) is 19.7 Å². The van der Waals surface area contributed by atoms with Crippen molar-refractivity contribution in [1.29, 1.82) is 0 Å². The summed E-state index contributed by atoms with van der Waals surface area (Å²) in [5.74, 6) is 0.810. The van der Waals surface area contributed by atoms with Gasteiger partial charge in [0.25, 0.3) is 0 Å². The third-order valence-corrected chi connectivity index (χ3v) is 9.13. The highest BCUT2D eigenvalue weighted by Gasteiger charge is 2.29. The van der Waals surface area contributed by atoms with Crippen molar-refractivity contribution in [3.63, 3.8) is 0 Å². The van der Waals surface area contributed by atoms with Crippen molar-refractivity contribution in [3.8, 4) is 0 Å². The lowest BCUT2D eigenvalue weighted by Gasteiger charge is -2.35. The van der Waals surface area contributed by atoms with Gasteiger partial charge >= 0.3 is 0 Å². The van der Waals surface area contributed by atoms with Crippen LogP contribution in [-0.2, 0) is 20.6 Å². The van der Waals surface area contributed by atoms with Gasteiger partial charge in [0.2, 0.25) is 5.95 Å². The summed E-state index contributed by atoms with van der Waals surface area (Å²) < 4.78 is 35.1. The number of allylic oxidation sites excluding steroid dienone is 1. The third kappa shape index (κ3) is 5.12. The van der Waals surface area contributed by atoms with E-state index >= 15 is 4.39 Å². The first-order valence-electron chi connectivity index (χ1n) is 13.9. The van der Waals surface area contributed by atoms with Gasteiger partial charge in [0.1, 0.15) is 5.82 Å². The van der Waals surface area contributed by atoms with E-state index in [2.05, 4.69) is 32.0 Å². The predicted octanol–water partition coefficient (Wildman–Crippen LogP) is 5.99. The molecule has 10 heteroatoms. The zero-order valence-electron chi connectivity index (χ0n) is 22.5. The Morgan fingerprint density at radius 2 is 1.85 bits per heavy atom. The van der Waals surface area contributed by atoms with Crippen molar-refractivity contribution in [2.75, 3.05) is 38.8 Å². The van der Waals surface area contributed by atoms with Gasteiger partial charge in [-0.3, -0.25) is 4.98 Å². The van der Waals surface area contributed by atoms with Crippen LogP contribution in [0.3, 0.4) is 0 Å². The van der Waals surface area contributed by atoms with Gasteiger partial charge in [-0.05, 0) is 68.6 Å². The lowest BCUT2D eigenvalue weighted by molar-refractivity contribution is -0.141. The summed E-state index contributed by atoms with van der Waals surface area (Å²) in [6.07, 6.45) is 10.7. The van der Waals surface area contributed by atoms with Gasteiger partial charge in [0.05, 0.1) is 29.0 Å². The Bertz CT molecular complexity index is 1340. The summed E-state index contributed by atoms with van der Waals surface area (Å²) in [5.41, 5.74) is 4.53. The number of hydrogen-bond acceptors (Lipinski definition) is 7. The number of ether oxygens (including phenoxy) is 3. The lowest BCUT2D eigenvalue weighted by atomic mass is 9.94. The molecule has 2 aliphatic heterocycles. The number of fused-ring (bicyclic) bond motifs is 3. The maximum atomic E-state index is 15.4. The van der Waals surface area contributed by atoms with E-state index in [0.717, 1.165) is 103 Å². The van der Waals surface area contributed by atoms with Crippen molar-refractivity contribution in [3.05, 3.63) is 51.8 Å². The summed E-state index contributed by atoms with van der Waals surface area (Å²) in [4.78, 5) is 11.9. The Kier molecular flexibility index (Phi) is 7.98. The van der Waals surface area contributed by atoms with Crippen LogP contribution in [0.15, 0.2) is 29.0 Å². The highest BCUT2D eigenvalue weighted by atomic mass is 79.9.